The largest absolute Gasteiger partial charge is 0.460 e. The van der Waals surface area contributed by atoms with E-state index in [1.54, 1.807) is 6.92 Å². The predicted molar refractivity (Wildman–Crippen MR) is 110 cm³/mol. The lowest BCUT2D eigenvalue weighted by Crippen LogP contribution is -2.52. The SMILES string of the molecule is CCOC(=O)c1nc(N2CCN(c3cccc(C)c3)[C@@H](C)C2)c2c(C)noc2n1. The topological polar surface area (TPSA) is 84.6 Å². The van der Waals surface area contributed by atoms with E-state index in [2.05, 4.69) is 63.0 Å². The third-order valence-corrected chi connectivity index (χ3v) is 5.21. The fourth-order valence-electron chi connectivity index (χ4n) is 3.82. The van der Waals surface area contributed by atoms with Crippen LogP contribution in [0.25, 0.3) is 11.1 Å². The molecular weight excluding hydrogens is 370 g/mol. The first kappa shape index (κ1) is 19.2. The molecule has 0 amide bonds. The Morgan fingerprint density at radius 2 is 2.10 bits per heavy atom. The summed E-state index contributed by atoms with van der Waals surface area (Å²) in [6.45, 7) is 10.5. The summed E-state index contributed by atoms with van der Waals surface area (Å²) in [5, 5.41) is 4.77. The molecule has 1 aliphatic rings. The molecule has 0 radical (unpaired) electrons. The van der Waals surface area contributed by atoms with E-state index >= 15 is 0 Å². The van der Waals surface area contributed by atoms with Crippen molar-refractivity contribution in [2.24, 2.45) is 0 Å². The Balaban J connectivity index is 1.66. The number of anilines is 2. The van der Waals surface area contributed by atoms with Crippen molar-refractivity contribution in [1.29, 1.82) is 0 Å². The molecule has 1 saturated heterocycles. The van der Waals surface area contributed by atoms with Crippen LogP contribution in [0.15, 0.2) is 28.8 Å². The van der Waals surface area contributed by atoms with Gasteiger partial charge in [-0.15, -0.1) is 0 Å². The summed E-state index contributed by atoms with van der Waals surface area (Å²) in [5.41, 5.74) is 3.48. The summed E-state index contributed by atoms with van der Waals surface area (Å²) in [6, 6.07) is 8.81. The predicted octanol–water partition coefficient (Wildman–Crippen LogP) is 3.13. The minimum absolute atomic E-state index is 0.000679. The molecule has 3 heterocycles. The molecule has 0 N–H and O–H groups in total. The lowest BCUT2D eigenvalue weighted by Gasteiger charge is -2.42. The number of aromatic nitrogens is 3. The maximum Gasteiger partial charge on any atom is 0.376 e. The number of hydrogen-bond donors (Lipinski definition) is 0. The highest BCUT2D eigenvalue weighted by molar-refractivity contribution is 5.93. The summed E-state index contributed by atoms with van der Waals surface area (Å²) < 4.78 is 10.4. The third kappa shape index (κ3) is 3.62. The summed E-state index contributed by atoms with van der Waals surface area (Å²) in [7, 11) is 0. The van der Waals surface area contributed by atoms with Crippen LogP contribution in [0, 0.1) is 13.8 Å². The third-order valence-electron chi connectivity index (χ3n) is 5.21. The molecular formula is C21H25N5O3. The maximum absolute atomic E-state index is 12.2. The van der Waals surface area contributed by atoms with Crippen molar-refractivity contribution in [3.8, 4) is 0 Å². The van der Waals surface area contributed by atoms with E-state index in [4.69, 9.17) is 9.26 Å². The van der Waals surface area contributed by atoms with Gasteiger partial charge in [0.05, 0.1) is 12.3 Å². The summed E-state index contributed by atoms with van der Waals surface area (Å²) in [6.07, 6.45) is 0. The molecule has 8 nitrogen and oxygen atoms in total. The zero-order chi connectivity index (χ0) is 20.5. The van der Waals surface area contributed by atoms with Gasteiger partial charge in [-0.3, -0.25) is 0 Å². The zero-order valence-electron chi connectivity index (χ0n) is 17.2. The first-order valence-corrected chi connectivity index (χ1v) is 9.87. The Morgan fingerprint density at radius 1 is 1.28 bits per heavy atom. The second-order valence-electron chi connectivity index (χ2n) is 7.37. The van der Waals surface area contributed by atoms with E-state index in [1.165, 1.54) is 11.3 Å². The van der Waals surface area contributed by atoms with Crippen molar-refractivity contribution in [3.63, 3.8) is 0 Å². The molecule has 0 saturated carbocycles. The van der Waals surface area contributed by atoms with Crippen molar-refractivity contribution in [2.45, 2.75) is 33.7 Å². The van der Waals surface area contributed by atoms with Gasteiger partial charge < -0.3 is 19.1 Å². The number of fused-ring (bicyclic) bond motifs is 1. The Labute approximate surface area is 169 Å². The lowest BCUT2D eigenvalue weighted by molar-refractivity contribution is 0.0512. The van der Waals surface area contributed by atoms with Crippen molar-refractivity contribution >= 4 is 28.6 Å². The van der Waals surface area contributed by atoms with Gasteiger partial charge >= 0.3 is 5.97 Å². The molecule has 0 spiro atoms. The van der Waals surface area contributed by atoms with E-state index in [0.717, 1.165) is 25.0 Å². The molecule has 0 bridgehead atoms. The second kappa shape index (κ2) is 7.69. The molecule has 8 heteroatoms. The Kier molecular flexibility index (Phi) is 5.08. The van der Waals surface area contributed by atoms with Crippen LogP contribution in [0.2, 0.25) is 0 Å². The molecule has 2 aromatic heterocycles. The highest BCUT2D eigenvalue weighted by atomic mass is 16.5. The first-order chi connectivity index (χ1) is 14.0. The van der Waals surface area contributed by atoms with Gasteiger partial charge in [0.1, 0.15) is 11.2 Å². The van der Waals surface area contributed by atoms with Crippen LogP contribution >= 0.6 is 0 Å². The highest BCUT2D eigenvalue weighted by Gasteiger charge is 2.29. The fraction of sp³-hybridized carbons (Fsp3) is 0.429. The number of piperazine rings is 1. The lowest BCUT2D eigenvalue weighted by atomic mass is 10.1. The number of carbonyl (C=O) groups excluding carboxylic acids is 1. The van der Waals surface area contributed by atoms with Crippen molar-refractivity contribution in [1.82, 2.24) is 15.1 Å². The van der Waals surface area contributed by atoms with Crippen molar-refractivity contribution < 1.29 is 14.1 Å². The first-order valence-electron chi connectivity index (χ1n) is 9.87. The van der Waals surface area contributed by atoms with E-state index in [-0.39, 0.29) is 18.5 Å². The molecule has 4 rings (SSSR count). The standard InChI is InChI=1S/C21H25N5O3/c1-5-28-21(27)18-22-19(17-15(4)24-29-20(17)23-18)25-9-10-26(14(3)12-25)16-8-6-7-13(2)11-16/h6-8,11,14H,5,9-10,12H2,1-4H3/t14-/m0/s1. The number of hydrogen-bond acceptors (Lipinski definition) is 8. The number of ether oxygens (including phenoxy) is 1. The fourth-order valence-corrected chi connectivity index (χ4v) is 3.82. The number of aryl methyl sites for hydroxylation is 2. The number of esters is 1. The van der Waals surface area contributed by atoms with E-state index in [9.17, 15) is 4.79 Å². The molecule has 3 aromatic rings. The summed E-state index contributed by atoms with van der Waals surface area (Å²) in [5.74, 6) is 0.114. The van der Waals surface area contributed by atoms with Gasteiger partial charge in [0.2, 0.25) is 5.82 Å². The van der Waals surface area contributed by atoms with Crippen LogP contribution in [-0.2, 0) is 4.74 Å². The second-order valence-corrected chi connectivity index (χ2v) is 7.37. The highest BCUT2D eigenvalue weighted by Crippen LogP contribution is 2.30. The normalized spacial score (nSPS) is 17.0. The molecule has 1 fully saturated rings. The quantitative estimate of drug-likeness (QED) is 0.623. The van der Waals surface area contributed by atoms with Gasteiger partial charge in [-0.05, 0) is 45.4 Å². The molecule has 1 aliphatic heterocycles. The van der Waals surface area contributed by atoms with Gasteiger partial charge in [0, 0.05) is 31.4 Å². The monoisotopic (exact) mass is 395 g/mol. The van der Waals surface area contributed by atoms with E-state index in [0.29, 0.717) is 17.2 Å². The van der Waals surface area contributed by atoms with Gasteiger partial charge in [-0.1, -0.05) is 17.3 Å². The van der Waals surface area contributed by atoms with Crippen LogP contribution in [0.5, 0.6) is 0 Å². The minimum atomic E-state index is -0.559. The Hall–Kier alpha value is -3.16. The summed E-state index contributed by atoms with van der Waals surface area (Å²) in [4.78, 5) is 25.6. The Morgan fingerprint density at radius 3 is 2.83 bits per heavy atom. The molecule has 0 unspecified atom stereocenters. The van der Waals surface area contributed by atoms with Gasteiger partial charge in [0.15, 0.2) is 0 Å². The minimum Gasteiger partial charge on any atom is -0.460 e. The molecule has 29 heavy (non-hydrogen) atoms. The van der Waals surface area contributed by atoms with Gasteiger partial charge in [0.25, 0.3) is 5.71 Å². The number of nitrogens with zero attached hydrogens (tertiary/aromatic N) is 5. The maximum atomic E-state index is 12.2. The van der Waals surface area contributed by atoms with Crippen LogP contribution < -0.4 is 9.80 Å². The zero-order valence-corrected chi connectivity index (χ0v) is 17.2. The average Bonchev–Trinajstić information content (AvgIpc) is 3.08. The van der Waals surface area contributed by atoms with Crippen molar-refractivity contribution in [2.75, 3.05) is 36.0 Å². The van der Waals surface area contributed by atoms with E-state index in [1.807, 2.05) is 6.92 Å². The van der Waals surface area contributed by atoms with E-state index < -0.39 is 5.97 Å². The van der Waals surface area contributed by atoms with Gasteiger partial charge in [-0.25, -0.2) is 9.78 Å². The molecule has 152 valence electrons. The Bertz CT molecular complexity index is 1050. The summed E-state index contributed by atoms with van der Waals surface area (Å²) >= 11 is 0. The van der Waals surface area contributed by atoms with Crippen LogP contribution in [-0.4, -0.2) is 53.4 Å². The molecule has 0 aliphatic carbocycles. The van der Waals surface area contributed by atoms with Crippen LogP contribution in [0.1, 0.15) is 35.7 Å². The van der Waals surface area contributed by atoms with Crippen molar-refractivity contribution in [3.05, 3.63) is 41.3 Å². The van der Waals surface area contributed by atoms with Gasteiger partial charge in [-0.2, -0.15) is 4.98 Å². The number of benzene rings is 1. The molecule has 1 atom stereocenters. The average molecular weight is 395 g/mol. The van der Waals surface area contributed by atoms with Crippen LogP contribution in [0.3, 0.4) is 0 Å². The number of carbonyl (C=O) groups is 1. The molecule has 1 aromatic carbocycles. The van der Waals surface area contributed by atoms with Crippen LogP contribution in [0.4, 0.5) is 11.5 Å². The number of rotatable bonds is 4. The smallest absolute Gasteiger partial charge is 0.376 e.